The van der Waals surface area contributed by atoms with Crippen LogP contribution >= 0.6 is 0 Å². The number of rotatable bonds is 6. The molecule has 0 aromatic carbocycles. The first-order valence-electron chi connectivity index (χ1n) is 8.63. The van der Waals surface area contributed by atoms with Crippen molar-refractivity contribution in [3.8, 4) is 0 Å². The Morgan fingerprint density at radius 3 is 2.20 bits per heavy atom. The normalized spacial score (nSPS) is 31.1. The molecule has 1 saturated carbocycles. The van der Waals surface area contributed by atoms with E-state index in [1.165, 1.54) is 38.8 Å². The van der Waals surface area contributed by atoms with Crippen LogP contribution in [-0.2, 0) is 9.47 Å². The summed E-state index contributed by atoms with van der Waals surface area (Å²) >= 11 is 0. The largest absolute Gasteiger partial charge is 0.375 e. The van der Waals surface area contributed by atoms with Gasteiger partial charge in [0, 0.05) is 19.1 Å². The molecule has 3 atom stereocenters. The molecule has 3 nitrogen and oxygen atoms in total. The molecule has 1 aliphatic heterocycles. The Labute approximate surface area is 125 Å². The molecule has 1 heterocycles. The molecule has 0 aromatic heterocycles. The van der Waals surface area contributed by atoms with Crippen molar-refractivity contribution in [2.75, 3.05) is 13.1 Å². The predicted molar refractivity (Wildman–Crippen MR) is 83.1 cm³/mol. The number of hydrogen-bond acceptors (Lipinski definition) is 3. The summed E-state index contributed by atoms with van der Waals surface area (Å²) in [6.45, 7) is 11.3. The van der Waals surface area contributed by atoms with Gasteiger partial charge in [-0.05, 0) is 59.3 Å². The van der Waals surface area contributed by atoms with E-state index in [0.29, 0.717) is 30.5 Å². The molecular formula is C17H33NO2. The van der Waals surface area contributed by atoms with Crippen LogP contribution in [0.1, 0.15) is 66.2 Å². The molecule has 2 fully saturated rings. The molecule has 2 rings (SSSR count). The van der Waals surface area contributed by atoms with Gasteiger partial charge in [-0.3, -0.25) is 0 Å². The summed E-state index contributed by atoms with van der Waals surface area (Å²) in [5.74, 6) is 0. The highest BCUT2D eigenvalue weighted by atomic mass is 16.5. The summed E-state index contributed by atoms with van der Waals surface area (Å²) in [6.07, 6.45) is 8.74. The van der Waals surface area contributed by atoms with Gasteiger partial charge < -0.3 is 14.4 Å². The summed E-state index contributed by atoms with van der Waals surface area (Å²) in [5, 5.41) is 0. The van der Waals surface area contributed by atoms with Crippen molar-refractivity contribution in [3.05, 3.63) is 0 Å². The maximum atomic E-state index is 6.32. The summed E-state index contributed by atoms with van der Waals surface area (Å²) < 4.78 is 12.4. The van der Waals surface area contributed by atoms with Crippen molar-refractivity contribution in [2.45, 2.75) is 96.7 Å². The third-order valence-electron chi connectivity index (χ3n) is 4.93. The number of hydrogen-bond donors (Lipinski definition) is 0. The Bertz CT molecular complexity index is 274. The second kappa shape index (κ2) is 7.77. The average molecular weight is 283 g/mol. The molecule has 0 N–H and O–H groups in total. The van der Waals surface area contributed by atoms with Crippen molar-refractivity contribution < 1.29 is 9.47 Å². The van der Waals surface area contributed by atoms with Crippen molar-refractivity contribution in [3.63, 3.8) is 0 Å². The van der Waals surface area contributed by atoms with E-state index in [1.807, 2.05) is 0 Å². The number of nitrogens with zero attached hydrogens (tertiary/aromatic N) is 1. The molecule has 20 heavy (non-hydrogen) atoms. The fourth-order valence-corrected chi connectivity index (χ4v) is 3.37. The van der Waals surface area contributed by atoms with Crippen LogP contribution in [0.3, 0.4) is 0 Å². The minimum atomic E-state index is 0.396. The quantitative estimate of drug-likeness (QED) is 0.743. The van der Waals surface area contributed by atoms with Gasteiger partial charge in [-0.2, -0.15) is 0 Å². The molecule has 2 aliphatic rings. The first-order valence-corrected chi connectivity index (χ1v) is 8.63. The first kappa shape index (κ1) is 16.3. The minimum absolute atomic E-state index is 0.396. The topological polar surface area (TPSA) is 21.7 Å². The highest BCUT2D eigenvalue weighted by Gasteiger charge is 2.30. The van der Waals surface area contributed by atoms with E-state index in [1.54, 1.807) is 0 Å². The Morgan fingerprint density at radius 1 is 0.950 bits per heavy atom. The zero-order valence-corrected chi connectivity index (χ0v) is 13.8. The minimum Gasteiger partial charge on any atom is -0.375 e. The van der Waals surface area contributed by atoms with Crippen molar-refractivity contribution in [1.82, 2.24) is 4.90 Å². The van der Waals surface area contributed by atoms with Crippen LogP contribution in [0.4, 0.5) is 0 Å². The van der Waals surface area contributed by atoms with E-state index in [-0.39, 0.29) is 0 Å². The number of likely N-dealkylation sites (tertiary alicyclic amines) is 1. The molecule has 0 unspecified atom stereocenters. The Kier molecular flexibility index (Phi) is 6.31. The monoisotopic (exact) mass is 283 g/mol. The standard InChI is InChI=1S/C17H33NO2/c1-5-14(4)19-16-6-7-17(12-16)20-15-8-10-18(11-9-15)13(2)3/h13-17H,5-12H2,1-4H3/t14-,16+,17+/m1/s1. The second-order valence-electron chi connectivity index (χ2n) is 6.88. The molecule has 0 aromatic rings. The van der Waals surface area contributed by atoms with Gasteiger partial charge in [-0.25, -0.2) is 0 Å². The lowest BCUT2D eigenvalue weighted by atomic mass is 10.1. The highest BCUT2D eigenvalue weighted by molar-refractivity contribution is 4.81. The third kappa shape index (κ3) is 4.71. The van der Waals surface area contributed by atoms with Gasteiger partial charge in [-0.1, -0.05) is 6.92 Å². The Hall–Kier alpha value is -0.120. The SMILES string of the molecule is CC[C@@H](C)O[C@H]1CC[C@H](OC2CCN(C(C)C)CC2)C1. The van der Waals surface area contributed by atoms with Crippen LogP contribution in [0.25, 0.3) is 0 Å². The lowest BCUT2D eigenvalue weighted by Gasteiger charge is -2.35. The Balaban J connectivity index is 1.66. The van der Waals surface area contributed by atoms with Crippen LogP contribution in [0, 0.1) is 0 Å². The van der Waals surface area contributed by atoms with E-state index in [9.17, 15) is 0 Å². The molecule has 1 aliphatic carbocycles. The van der Waals surface area contributed by atoms with Gasteiger partial charge in [0.1, 0.15) is 0 Å². The lowest BCUT2D eigenvalue weighted by Crippen LogP contribution is -2.41. The van der Waals surface area contributed by atoms with Gasteiger partial charge >= 0.3 is 0 Å². The van der Waals surface area contributed by atoms with E-state index in [0.717, 1.165) is 12.8 Å². The number of ether oxygens (including phenoxy) is 2. The van der Waals surface area contributed by atoms with Crippen LogP contribution in [-0.4, -0.2) is 48.4 Å². The summed E-state index contributed by atoms with van der Waals surface area (Å²) in [4.78, 5) is 2.56. The highest BCUT2D eigenvalue weighted by Crippen LogP contribution is 2.29. The van der Waals surface area contributed by atoms with Gasteiger partial charge in [-0.15, -0.1) is 0 Å². The van der Waals surface area contributed by atoms with E-state index < -0.39 is 0 Å². The number of piperidine rings is 1. The van der Waals surface area contributed by atoms with Crippen LogP contribution < -0.4 is 0 Å². The maximum Gasteiger partial charge on any atom is 0.0604 e. The smallest absolute Gasteiger partial charge is 0.0604 e. The van der Waals surface area contributed by atoms with Crippen LogP contribution in [0.5, 0.6) is 0 Å². The first-order chi connectivity index (χ1) is 9.58. The molecule has 3 heteroatoms. The van der Waals surface area contributed by atoms with Gasteiger partial charge in [0.15, 0.2) is 0 Å². The molecule has 0 spiro atoms. The lowest BCUT2D eigenvalue weighted by molar-refractivity contribution is -0.0560. The van der Waals surface area contributed by atoms with Crippen molar-refractivity contribution in [1.29, 1.82) is 0 Å². The molecule has 0 amide bonds. The Morgan fingerprint density at radius 2 is 1.60 bits per heavy atom. The predicted octanol–water partition coefficient (Wildman–Crippen LogP) is 3.61. The fraction of sp³-hybridized carbons (Fsp3) is 1.00. The zero-order valence-electron chi connectivity index (χ0n) is 13.8. The van der Waals surface area contributed by atoms with Gasteiger partial charge in [0.2, 0.25) is 0 Å². The van der Waals surface area contributed by atoms with Crippen molar-refractivity contribution in [2.24, 2.45) is 0 Å². The fourth-order valence-electron chi connectivity index (χ4n) is 3.37. The van der Waals surface area contributed by atoms with Gasteiger partial charge in [0.05, 0.1) is 24.4 Å². The molecule has 118 valence electrons. The summed E-state index contributed by atoms with van der Waals surface area (Å²) in [5.41, 5.74) is 0. The molecular weight excluding hydrogens is 250 g/mol. The van der Waals surface area contributed by atoms with Crippen molar-refractivity contribution >= 4 is 0 Å². The molecule has 0 bridgehead atoms. The molecule has 1 saturated heterocycles. The average Bonchev–Trinajstić information content (AvgIpc) is 2.86. The van der Waals surface area contributed by atoms with E-state index in [4.69, 9.17) is 9.47 Å². The van der Waals surface area contributed by atoms with Crippen LogP contribution in [0.15, 0.2) is 0 Å². The van der Waals surface area contributed by atoms with E-state index in [2.05, 4.69) is 32.6 Å². The summed E-state index contributed by atoms with van der Waals surface area (Å²) in [6, 6.07) is 0.677. The molecule has 0 radical (unpaired) electrons. The van der Waals surface area contributed by atoms with Gasteiger partial charge in [0.25, 0.3) is 0 Å². The second-order valence-corrected chi connectivity index (χ2v) is 6.88. The summed E-state index contributed by atoms with van der Waals surface area (Å²) in [7, 11) is 0. The zero-order chi connectivity index (χ0) is 14.5. The van der Waals surface area contributed by atoms with Crippen LogP contribution in [0.2, 0.25) is 0 Å². The maximum absolute atomic E-state index is 6.32. The van der Waals surface area contributed by atoms with E-state index >= 15 is 0 Å². The third-order valence-corrected chi connectivity index (χ3v) is 4.93.